The summed E-state index contributed by atoms with van der Waals surface area (Å²) in [6, 6.07) is -1.57. The lowest BCUT2D eigenvalue weighted by Gasteiger charge is -2.27. The van der Waals surface area contributed by atoms with Crippen molar-refractivity contribution in [2.75, 3.05) is 5.32 Å². The molecule has 0 aromatic heterocycles. The first kappa shape index (κ1) is 34.9. The third-order valence-corrected chi connectivity index (χ3v) is 5.62. The highest BCUT2D eigenvalue weighted by molar-refractivity contribution is 6.00. The van der Waals surface area contributed by atoms with E-state index in [0.717, 1.165) is 12.1 Å². The zero-order chi connectivity index (χ0) is 32.1. The van der Waals surface area contributed by atoms with Gasteiger partial charge in [-0.05, 0) is 24.5 Å². The predicted molar refractivity (Wildman–Crippen MR) is 142 cm³/mol. The standard InChI is InChI=1S/C24H32N6O12/c1-11(2)20(29-22(38)15(7-8-17(31)32)27-21(37)14(25)9-18(33)34)24(40)28-16(10-19(35)36)23(39)26-12-3-5-13(6-4-12)30(41)42/h3-6,11,14-16,20H,7-10,25H2,1-2H3,(H,26,39)(H,27,37)(H,28,40)(H,29,38)(H,31,32)(H,33,34)(H,35,36)/t14-,15-,16-,20-/m0/s1. The van der Waals surface area contributed by atoms with Crippen LogP contribution in [0.15, 0.2) is 24.3 Å². The van der Waals surface area contributed by atoms with Gasteiger partial charge in [-0.2, -0.15) is 0 Å². The van der Waals surface area contributed by atoms with Crippen molar-refractivity contribution in [3.05, 3.63) is 34.4 Å². The van der Waals surface area contributed by atoms with E-state index in [-0.39, 0.29) is 11.4 Å². The number of carboxylic acid groups (broad SMARTS) is 3. The maximum absolute atomic E-state index is 13.1. The van der Waals surface area contributed by atoms with E-state index in [1.807, 2.05) is 0 Å². The number of nitrogens with one attached hydrogen (secondary N) is 4. The van der Waals surface area contributed by atoms with Gasteiger partial charge in [0.1, 0.15) is 18.1 Å². The number of benzene rings is 1. The zero-order valence-corrected chi connectivity index (χ0v) is 22.6. The molecule has 9 N–H and O–H groups in total. The monoisotopic (exact) mass is 596 g/mol. The van der Waals surface area contributed by atoms with Crippen molar-refractivity contribution in [3.63, 3.8) is 0 Å². The molecule has 0 unspecified atom stereocenters. The lowest BCUT2D eigenvalue weighted by molar-refractivity contribution is -0.384. The molecule has 1 aromatic rings. The molecule has 0 fully saturated rings. The number of rotatable bonds is 17. The average Bonchev–Trinajstić information content (AvgIpc) is 2.88. The molecule has 0 aliphatic heterocycles. The van der Waals surface area contributed by atoms with Crippen molar-refractivity contribution >= 4 is 52.9 Å². The third kappa shape index (κ3) is 11.9. The number of hydrogen-bond donors (Lipinski definition) is 8. The fourth-order valence-corrected chi connectivity index (χ4v) is 3.43. The van der Waals surface area contributed by atoms with Crippen LogP contribution in [0.1, 0.15) is 39.5 Å². The summed E-state index contributed by atoms with van der Waals surface area (Å²) in [6.45, 7) is 3.00. The Morgan fingerprint density at radius 3 is 1.81 bits per heavy atom. The first-order valence-corrected chi connectivity index (χ1v) is 12.4. The first-order valence-electron chi connectivity index (χ1n) is 12.4. The third-order valence-electron chi connectivity index (χ3n) is 5.62. The number of aliphatic carboxylic acids is 3. The number of hydrogen-bond acceptors (Lipinski definition) is 10. The highest BCUT2D eigenvalue weighted by atomic mass is 16.6. The second-order valence-electron chi connectivity index (χ2n) is 9.38. The Balaban J connectivity index is 3.08. The maximum atomic E-state index is 13.1. The van der Waals surface area contributed by atoms with E-state index in [1.54, 1.807) is 0 Å². The fourth-order valence-electron chi connectivity index (χ4n) is 3.43. The number of carboxylic acids is 3. The average molecular weight is 597 g/mol. The zero-order valence-electron chi connectivity index (χ0n) is 22.6. The number of non-ortho nitro benzene ring substituents is 1. The molecule has 42 heavy (non-hydrogen) atoms. The van der Waals surface area contributed by atoms with E-state index >= 15 is 0 Å². The number of amides is 4. The van der Waals surface area contributed by atoms with Crippen molar-refractivity contribution in [1.82, 2.24) is 16.0 Å². The van der Waals surface area contributed by atoms with Crippen LogP contribution >= 0.6 is 0 Å². The minimum absolute atomic E-state index is 0.0714. The highest BCUT2D eigenvalue weighted by Crippen LogP contribution is 2.16. The summed E-state index contributed by atoms with van der Waals surface area (Å²) in [4.78, 5) is 94.5. The molecule has 0 aliphatic carbocycles. The second kappa shape index (κ2) is 16.2. The van der Waals surface area contributed by atoms with Gasteiger partial charge in [-0.1, -0.05) is 13.8 Å². The Hall–Kier alpha value is -5.13. The van der Waals surface area contributed by atoms with E-state index in [2.05, 4.69) is 21.3 Å². The molecule has 0 aliphatic rings. The number of carbonyl (C=O) groups excluding carboxylic acids is 4. The fraction of sp³-hybridized carbons (Fsp3) is 0.458. The molecule has 0 saturated carbocycles. The number of nitro benzene ring substituents is 1. The Kier molecular flexibility index (Phi) is 13.5. The molecule has 1 aromatic carbocycles. The molecule has 4 amide bonds. The molecule has 0 spiro atoms. The smallest absolute Gasteiger partial charge is 0.305 e. The molecule has 0 heterocycles. The SMILES string of the molecule is CC(C)[C@H](NC(=O)[C@H](CCC(=O)O)NC(=O)[C@@H](N)CC(=O)O)C(=O)N[C@@H](CC(=O)O)C(=O)Nc1ccc([N+](=O)[O-])cc1. The van der Waals surface area contributed by atoms with Crippen LogP contribution in [-0.4, -0.2) is 85.9 Å². The molecule has 18 nitrogen and oxygen atoms in total. The summed E-state index contributed by atoms with van der Waals surface area (Å²) in [7, 11) is 0. The van der Waals surface area contributed by atoms with E-state index in [0.29, 0.717) is 0 Å². The lowest BCUT2D eigenvalue weighted by Crippen LogP contribution is -2.59. The van der Waals surface area contributed by atoms with Gasteiger partial charge >= 0.3 is 17.9 Å². The topological polar surface area (TPSA) is 297 Å². The summed E-state index contributed by atoms with van der Waals surface area (Å²) in [5.74, 6) is -8.88. The summed E-state index contributed by atoms with van der Waals surface area (Å²) < 4.78 is 0. The van der Waals surface area contributed by atoms with Gasteiger partial charge < -0.3 is 42.3 Å². The Bertz CT molecular complexity index is 1200. The Labute approximate surface area is 238 Å². The van der Waals surface area contributed by atoms with Crippen molar-refractivity contribution in [1.29, 1.82) is 0 Å². The van der Waals surface area contributed by atoms with Crippen LogP contribution in [0, 0.1) is 16.0 Å². The molecule has 230 valence electrons. The molecule has 1 rings (SSSR count). The van der Waals surface area contributed by atoms with Gasteiger partial charge in [0, 0.05) is 24.2 Å². The van der Waals surface area contributed by atoms with Gasteiger partial charge in [0.2, 0.25) is 23.6 Å². The Morgan fingerprint density at radius 1 is 0.786 bits per heavy atom. The van der Waals surface area contributed by atoms with Crippen molar-refractivity contribution < 1.29 is 53.8 Å². The van der Waals surface area contributed by atoms with Gasteiger partial charge in [-0.25, -0.2) is 0 Å². The van der Waals surface area contributed by atoms with E-state index in [9.17, 15) is 48.8 Å². The molecule has 0 bridgehead atoms. The number of anilines is 1. The van der Waals surface area contributed by atoms with Crippen LogP contribution in [0.5, 0.6) is 0 Å². The van der Waals surface area contributed by atoms with Gasteiger partial charge in [0.05, 0.1) is 23.8 Å². The van der Waals surface area contributed by atoms with Crippen LogP contribution in [-0.2, 0) is 33.6 Å². The quantitative estimate of drug-likeness (QED) is 0.0774. The molecule has 0 saturated heterocycles. The largest absolute Gasteiger partial charge is 0.481 e. The normalized spacial score (nSPS) is 13.5. The van der Waals surface area contributed by atoms with E-state index in [4.69, 9.17) is 15.9 Å². The first-order chi connectivity index (χ1) is 19.5. The van der Waals surface area contributed by atoms with Gasteiger partial charge in [0.15, 0.2) is 0 Å². The summed E-state index contributed by atoms with van der Waals surface area (Å²) in [5, 5.41) is 47.0. The minimum atomic E-state index is -1.65. The summed E-state index contributed by atoms with van der Waals surface area (Å²) >= 11 is 0. The molecule has 4 atom stereocenters. The van der Waals surface area contributed by atoms with Gasteiger partial charge in [-0.3, -0.25) is 43.7 Å². The molecular formula is C24H32N6O12. The van der Waals surface area contributed by atoms with Crippen molar-refractivity contribution in [2.45, 2.75) is 63.7 Å². The predicted octanol–water partition coefficient (Wildman–Crippen LogP) is -1.21. The number of nitro groups is 1. The Morgan fingerprint density at radius 2 is 1.33 bits per heavy atom. The highest BCUT2D eigenvalue weighted by Gasteiger charge is 2.33. The molecule has 18 heteroatoms. The maximum Gasteiger partial charge on any atom is 0.305 e. The summed E-state index contributed by atoms with van der Waals surface area (Å²) in [6.07, 6.45) is -2.68. The molecule has 0 radical (unpaired) electrons. The van der Waals surface area contributed by atoms with Crippen molar-refractivity contribution in [3.8, 4) is 0 Å². The van der Waals surface area contributed by atoms with Crippen LogP contribution in [0.25, 0.3) is 0 Å². The van der Waals surface area contributed by atoms with Gasteiger partial charge in [-0.15, -0.1) is 0 Å². The van der Waals surface area contributed by atoms with E-state index in [1.165, 1.54) is 26.0 Å². The molecular weight excluding hydrogens is 564 g/mol. The minimum Gasteiger partial charge on any atom is -0.481 e. The van der Waals surface area contributed by atoms with E-state index < -0.39 is 102 Å². The van der Waals surface area contributed by atoms with Crippen LogP contribution in [0.4, 0.5) is 11.4 Å². The lowest BCUT2D eigenvalue weighted by atomic mass is 10.0. The summed E-state index contributed by atoms with van der Waals surface area (Å²) in [5.41, 5.74) is 5.31. The van der Waals surface area contributed by atoms with Crippen LogP contribution in [0.2, 0.25) is 0 Å². The number of nitrogens with two attached hydrogens (primary N) is 1. The van der Waals surface area contributed by atoms with Crippen LogP contribution in [0.3, 0.4) is 0 Å². The van der Waals surface area contributed by atoms with Crippen molar-refractivity contribution in [2.24, 2.45) is 11.7 Å². The number of carbonyl (C=O) groups is 7. The van der Waals surface area contributed by atoms with Crippen LogP contribution < -0.4 is 27.0 Å². The van der Waals surface area contributed by atoms with Gasteiger partial charge in [0.25, 0.3) is 5.69 Å². The second-order valence-corrected chi connectivity index (χ2v) is 9.38. The number of nitrogens with zero attached hydrogens (tertiary/aromatic N) is 1.